The van der Waals surface area contributed by atoms with Crippen LogP contribution < -0.4 is 20.7 Å². The van der Waals surface area contributed by atoms with Gasteiger partial charge in [-0.05, 0) is 36.2 Å². The van der Waals surface area contributed by atoms with Gasteiger partial charge in [-0.1, -0.05) is 30.3 Å². The van der Waals surface area contributed by atoms with Gasteiger partial charge in [0, 0.05) is 0 Å². The molecule has 26 heavy (non-hydrogen) atoms. The van der Waals surface area contributed by atoms with E-state index in [0.717, 1.165) is 11.1 Å². The van der Waals surface area contributed by atoms with Crippen LogP contribution in [-0.2, 0) is 6.61 Å². The summed E-state index contributed by atoms with van der Waals surface area (Å²) < 4.78 is 12.6. The summed E-state index contributed by atoms with van der Waals surface area (Å²) in [6.45, 7) is 2.22. The van der Waals surface area contributed by atoms with E-state index >= 15 is 0 Å². The molecule has 0 spiro atoms. The predicted octanol–water partition coefficient (Wildman–Crippen LogP) is 2.33. The van der Waals surface area contributed by atoms with E-state index in [1.54, 1.807) is 20.2 Å². The molecule has 0 saturated carbocycles. The summed E-state index contributed by atoms with van der Waals surface area (Å²) in [5, 5.41) is 11.8. The van der Waals surface area contributed by atoms with Gasteiger partial charge in [0.15, 0.2) is 17.3 Å². The zero-order valence-electron chi connectivity index (χ0n) is 14.6. The molecule has 3 N–H and O–H groups in total. The molecule has 8 heteroatoms. The number of nitrogens with zero attached hydrogens (tertiary/aromatic N) is 4. The fourth-order valence-corrected chi connectivity index (χ4v) is 2.23. The smallest absolute Gasteiger partial charge is 0.263 e. The Kier molecular flexibility index (Phi) is 5.33. The number of ether oxygens (including phenoxy) is 2. The van der Waals surface area contributed by atoms with Crippen LogP contribution in [0.5, 0.6) is 11.5 Å². The number of hydrazone groups is 1. The van der Waals surface area contributed by atoms with E-state index < -0.39 is 0 Å². The molecule has 1 heterocycles. The second-order valence-electron chi connectivity index (χ2n) is 5.50. The lowest BCUT2D eigenvalue weighted by Crippen LogP contribution is -2.13. The number of aromatic nitrogens is 3. The summed E-state index contributed by atoms with van der Waals surface area (Å²) in [7, 11) is 1.60. The number of rotatable bonds is 7. The summed E-state index contributed by atoms with van der Waals surface area (Å²) in [4.78, 5) is 0. The third-order valence-electron chi connectivity index (χ3n) is 3.67. The number of hydrogen-bond acceptors (Lipinski definition) is 7. The monoisotopic (exact) mass is 352 g/mol. The zero-order valence-corrected chi connectivity index (χ0v) is 14.6. The maximum absolute atomic E-state index is 5.84. The van der Waals surface area contributed by atoms with Crippen molar-refractivity contribution in [3.05, 3.63) is 65.5 Å². The largest absolute Gasteiger partial charge is 0.493 e. The summed E-state index contributed by atoms with van der Waals surface area (Å²) in [5.74, 6) is 7.98. The fourth-order valence-electron chi connectivity index (χ4n) is 2.23. The summed E-state index contributed by atoms with van der Waals surface area (Å²) >= 11 is 0. The second-order valence-corrected chi connectivity index (χ2v) is 5.50. The number of anilines is 1. The molecule has 8 nitrogen and oxygen atoms in total. The van der Waals surface area contributed by atoms with Gasteiger partial charge in [0.1, 0.15) is 6.61 Å². The van der Waals surface area contributed by atoms with Crippen molar-refractivity contribution < 1.29 is 9.47 Å². The first-order chi connectivity index (χ1) is 12.7. The Morgan fingerprint density at radius 2 is 1.96 bits per heavy atom. The quantitative estimate of drug-likeness (QED) is 0.385. The van der Waals surface area contributed by atoms with Crippen molar-refractivity contribution in [2.45, 2.75) is 13.5 Å². The molecule has 0 unspecified atom stereocenters. The zero-order chi connectivity index (χ0) is 18.4. The van der Waals surface area contributed by atoms with Gasteiger partial charge in [-0.25, -0.2) is 10.1 Å². The number of hydrogen-bond donors (Lipinski definition) is 2. The first-order valence-electron chi connectivity index (χ1n) is 7.98. The molecule has 0 aliphatic rings. The van der Waals surface area contributed by atoms with Crippen LogP contribution in [-0.4, -0.2) is 28.2 Å². The van der Waals surface area contributed by atoms with Gasteiger partial charge in [-0.2, -0.15) is 5.10 Å². The van der Waals surface area contributed by atoms with Crippen LogP contribution in [0.15, 0.2) is 53.6 Å². The fraction of sp³-hybridized carbons (Fsp3) is 0.167. The minimum atomic E-state index is 0.355. The molecule has 0 amide bonds. The van der Waals surface area contributed by atoms with Gasteiger partial charge in [0.05, 0.1) is 13.3 Å². The average molecular weight is 352 g/mol. The first kappa shape index (κ1) is 17.3. The molecular formula is C18H20N6O2. The molecule has 1 aromatic heterocycles. The molecule has 0 fully saturated rings. The Labute approximate surface area is 151 Å². The topological polar surface area (TPSA) is 99.6 Å². The molecule has 0 saturated heterocycles. The van der Waals surface area contributed by atoms with E-state index in [4.69, 9.17) is 15.3 Å². The molecule has 134 valence electrons. The van der Waals surface area contributed by atoms with Crippen molar-refractivity contribution in [2.75, 3.05) is 18.4 Å². The van der Waals surface area contributed by atoms with Crippen molar-refractivity contribution in [1.29, 1.82) is 0 Å². The first-order valence-corrected chi connectivity index (χ1v) is 7.98. The van der Waals surface area contributed by atoms with Crippen LogP contribution in [0, 0.1) is 6.92 Å². The number of methoxy groups -OCH3 is 1. The SMILES string of the molecule is COc1cc(/C=N/Nc2nnc(C)n2N)ccc1OCc1ccccc1. The Hall–Kier alpha value is -3.55. The number of aryl methyl sites for hydroxylation is 1. The normalized spacial score (nSPS) is 10.8. The predicted molar refractivity (Wildman–Crippen MR) is 99.9 cm³/mol. The Morgan fingerprint density at radius 3 is 2.65 bits per heavy atom. The van der Waals surface area contributed by atoms with Crippen molar-refractivity contribution in [3.63, 3.8) is 0 Å². The van der Waals surface area contributed by atoms with Gasteiger partial charge < -0.3 is 15.3 Å². The van der Waals surface area contributed by atoms with E-state index in [1.165, 1.54) is 4.68 Å². The minimum absolute atomic E-state index is 0.355. The number of nitrogens with one attached hydrogen (secondary N) is 1. The van der Waals surface area contributed by atoms with Crippen LogP contribution in [0.25, 0.3) is 0 Å². The average Bonchev–Trinajstić information content (AvgIpc) is 3.00. The maximum atomic E-state index is 5.84. The second kappa shape index (κ2) is 8.02. The Morgan fingerprint density at radius 1 is 1.15 bits per heavy atom. The van der Waals surface area contributed by atoms with Crippen LogP contribution in [0.2, 0.25) is 0 Å². The van der Waals surface area contributed by atoms with Gasteiger partial charge in [-0.3, -0.25) is 0 Å². The Bertz CT molecular complexity index is 892. The minimum Gasteiger partial charge on any atom is -0.493 e. The van der Waals surface area contributed by atoms with Gasteiger partial charge in [-0.15, -0.1) is 10.2 Å². The molecule has 3 aromatic rings. The lowest BCUT2D eigenvalue weighted by molar-refractivity contribution is 0.284. The molecular weight excluding hydrogens is 332 g/mol. The number of benzene rings is 2. The number of nitrogen functional groups attached to an aromatic ring is 1. The molecule has 0 atom stereocenters. The lowest BCUT2D eigenvalue weighted by Gasteiger charge is -2.11. The number of nitrogens with two attached hydrogens (primary N) is 1. The summed E-state index contributed by atoms with van der Waals surface area (Å²) in [6, 6.07) is 15.5. The van der Waals surface area contributed by atoms with E-state index in [9.17, 15) is 0 Å². The van der Waals surface area contributed by atoms with Crippen molar-refractivity contribution in [1.82, 2.24) is 14.9 Å². The van der Waals surface area contributed by atoms with Crippen LogP contribution in [0.1, 0.15) is 17.0 Å². The van der Waals surface area contributed by atoms with E-state index in [-0.39, 0.29) is 0 Å². The van der Waals surface area contributed by atoms with Crippen molar-refractivity contribution in [2.24, 2.45) is 5.10 Å². The lowest BCUT2D eigenvalue weighted by atomic mass is 10.2. The molecule has 0 radical (unpaired) electrons. The molecule has 2 aromatic carbocycles. The van der Waals surface area contributed by atoms with E-state index in [0.29, 0.717) is 29.9 Å². The summed E-state index contributed by atoms with van der Waals surface area (Å²) in [6.07, 6.45) is 1.63. The molecule has 0 aliphatic heterocycles. The highest BCUT2D eigenvalue weighted by Crippen LogP contribution is 2.28. The third-order valence-corrected chi connectivity index (χ3v) is 3.67. The highest BCUT2D eigenvalue weighted by molar-refractivity contribution is 5.81. The van der Waals surface area contributed by atoms with Gasteiger partial charge >= 0.3 is 0 Å². The molecule has 3 rings (SSSR count). The highest BCUT2D eigenvalue weighted by Gasteiger charge is 2.06. The van der Waals surface area contributed by atoms with Gasteiger partial charge in [0.25, 0.3) is 5.95 Å². The summed E-state index contributed by atoms with van der Waals surface area (Å²) in [5.41, 5.74) is 4.67. The van der Waals surface area contributed by atoms with E-state index in [1.807, 2.05) is 48.5 Å². The maximum Gasteiger partial charge on any atom is 0.263 e. The van der Waals surface area contributed by atoms with Crippen LogP contribution in [0.4, 0.5) is 5.95 Å². The third kappa shape index (κ3) is 4.10. The standard InChI is InChI=1S/C18H20N6O2/c1-13-21-23-18(24(13)19)22-20-11-15-8-9-16(17(10-15)25-2)26-12-14-6-4-3-5-7-14/h3-11H,12,19H2,1-2H3,(H,22,23)/b20-11+. The van der Waals surface area contributed by atoms with Gasteiger partial charge in [0.2, 0.25) is 0 Å². The van der Waals surface area contributed by atoms with E-state index in [2.05, 4.69) is 20.7 Å². The van der Waals surface area contributed by atoms with Crippen molar-refractivity contribution >= 4 is 12.2 Å². The molecule has 0 aliphatic carbocycles. The van der Waals surface area contributed by atoms with Crippen molar-refractivity contribution in [3.8, 4) is 11.5 Å². The van der Waals surface area contributed by atoms with Crippen LogP contribution >= 0.6 is 0 Å². The Balaban J connectivity index is 1.66. The highest BCUT2D eigenvalue weighted by atomic mass is 16.5. The molecule has 0 bridgehead atoms. The van der Waals surface area contributed by atoms with Crippen LogP contribution in [0.3, 0.4) is 0 Å².